The van der Waals surface area contributed by atoms with Gasteiger partial charge in [0, 0.05) is 5.92 Å². The molecule has 0 rings (SSSR count). The highest BCUT2D eigenvalue weighted by atomic mass is 19.3. The van der Waals surface area contributed by atoms with Gasteiger partial charge in [0.05, 0.1) is 0 Å². The van der Waals surface area contributed by atoms with Crippen LogP contribution in [0.15, 0.2) is 12.7 Å². The van der Waals surface area contributed by atoms with Gasteiger partial charge in [-0.3, -0.25) is 0 Å². The van der Waals surface area contributed by atoms with Crippen molar-refractivity contribution in [1.82, 2.24) is 0 Å². The van der Waals surface area contributed by atoms with Crippen molar-refractivity contribution in [3.05, 3.63) is 19.1 Å². The fraction of sp³-hybridized carbons (Fsp3) is 0.571. The summed E-state index contributed by atoms with van der Waals surface area (Å²) in [6, 6.07) is 0. The van der Waals surface area contributed by atoms with Crippen molar-refractivity contribution in [2.75, 3.05) is 0 Å². The van der Waals surface area contributed by atoms with Crippen LogP contribution in [0.1, 0.15) is 19.8 Å². The van der Waals surface area contributed by atoms with Gasteiger partial charge in [0.2, 0.25) is 0 Å². The minimum absolute atomic E-state index is 0.506. The molecule has 0 nitrogen and oxygen atoms in total. The van der Waals surface area contributed by atoms with Crippen molar-refractivity contribution >= 4 is 0 Å². The second-order valence-corrected chi connectivity index (χ2v) is 1.92. The fourth-order valence-electron chi connectivity index (χ4n) is 0.627. The van der Waals surface area contributed by atoms with E-state index in [0.29, 0.717) is 6.42 Å². The van der Waals surface area contributed by atoms with E-state index < -0.39 is 12.3 Å². The monoisotopic (exact) mass is 133 g/mol. The van der Waals surface area contributed by atoms with Gasteiger partial charge in [0.1, 0.15) is 0 Å². The van der Waals surface area contributed by atoms with E-state index in [9.17, 15) is 8.78 Å². The van der Waals surface area contributed by atoms with Gasteiger partial charge in [-0.05, 0) is 6.42 Å². The minimum atomic E-state index is -1.52. The van der Waals surface area contributed by atoms with E-state index in [2.05, 4.69) is 6.58 Å². The van der Waals surface area contributed by atoms with Crippen LogP contribution in [0.25, 0.3) is 0 Å². The van der Waals surface area contributed by atoms with Crippen molar-refractivity contribution in [1.29, 1.82) is 0 Å². The second kappa shape index (κ2) is 4.48. The van der Waals surface area contributed by atoms with Gasteiger partial charge in [-0.2, -0.15) is 8.78 Å². The van der Waals surface area contributed by atoms with E-state index >= 15 is 0 Å². The van der Waals surface area contributed by atoms with Crippen LogP contribution in [0, 0.1) is 12.3 Å². The molecule has 0 fully saturated rings. The predicted octanol–water partition coefficient (Wildman–Crippen LogP) is 3.02. The summed E-state index contributed by atoms with van der Waals surface area (Å²) in [6.45, 7) is 5.17. The van der Waals surface area contributed by atoms with Crippen LogP contribution in [0.5, 0.6) is 0 Å². The molecule has 0 saturated heterocycles. The fourth-order valence-corrected chi connectivity index (χ4v) is 0.627. The third-order valence-electron chi connectivity index (χ3n) is 1.16. The molecule has 0 aromatic rings. The van der Waals surface area contributed by atoms with Crippen LogP contribution in [0.2, 0.25) is 0 Å². The van der Waals surface area contributed by atoms with Crippen molar-refractivity contribution in [2.24, 2.45) is 5.92 Å². The molecule has 0 aromatic carbocycles. The van der Waals surface area contributed by atoms with E-state index in [1.165, 1.54) is 6.08 Å². The summed E-state index contributed by atoms with van der Waals surface area (Å²) in [5, 5.41) is 0. The van der Waals surface area contributed by atoms with E-state index in [-0.39, 0.29) is 0 Å². The lowest BCUT2D eigenvalue weighted by atomic mass is 10.1. The Morgan fingerprint density at radius 3 is 2.33 bits per heavy atom. The van der Waals surface area contributed by atoms with Crippen LogP contribution in [-0.2, 0) is 0 Å². The van der Waals surface area contributed by atoms with Crippen LogP contribution < -0.4 is 0 Å². The third-order valence-corrected chi connectivity index (χ3v) is 1.16. The first-order chi connectivity index (χ1) is 4.22. The Balaban J connectivity index is 3.54. The summed E-state index contributed by atoms with van der Waals surface area (Å²) >= 11 is 0. The lowest BCUT2D eigenvalue weighted by molar-refractivity contribution is 0.224. The molecule has 2 heteroatoms. The first-order valence-corrected chi connectivity index (χ1v) is 3.02. The normalized spacial score (nSPS) is 13.8. The molecule has 9 heavy (non-hydrogen) atoms. The van der Waals surface area contributed by atoms with Gasteiger partial charge in [0.25, 0.3) is 0 Å². The Bertz CT molecular complexity index is 79.0. The zero-order chi connectivity index (χ0) is 7.28. The predicted molar refractivity (Wildman–Crippen MR) is 34.1 cm³/mol. The van der Waals surface area contributed by atoms with Crippen LogP contribution >= 0.6 is 0 Å². The van der Waals surface area contributed by atoms with Crippen molar-refractivity contribution in [2.45, 2.75) is 19.8 Å². The van der Waals surface area contributed by atoms with Crippen LogP contribution in [0.4, 0.5) is 8.78 Å². The van der Waals surface area contributed by atoms with E-state index in [4.69, 9.17) is 0 Å². The molecule has 0 amide bonds. The highest BCUT2D eigenvalue weighted by Gasteiger charge is 2.16. The Morgan fingerprint density at radius 1 is 1.67 bits per heavy atom. The number of allylic oxidation sites excluding steroid dienone is 1. The first-order valence-electron chi connectivity index (χ1n) is 3.02. The topological polar surface area (TPSA) is 0 Å². The highest BCUT2D eigenvalue weighted by molar-refractivity contribution is 4.88. The molecule has 0 N–H and O–H groups in total. The highest BCUT2D eigenvalue weighted by Crippen LogP contribution is 2.22. The zero-order valence-corrected chi connectivity index (χ0v) is 5.53. The van der Waals surface area contributed by atoms with Crippen molar-refractivity contribution < 1.29 is 8.78 Å². The molecule has 0 aromatic heterocycles. The summed E-state index contributed by atoms with van der Waals surface area (Å²) in [4.78, 5) is 0. The molecule has 0 heterocycles. The minimum Gasteiger partial charge on any atom is -0.199 e. The van der Waals surface area contributed by atoms with E-state index in [0.717, 1.165) is 6.42 Å². The third kappa shape index (κ3) is 3.22. The lowest BCUT2D eigenvalue weighted by Gasteiger charge is -2.05. The zero-order valence-electron chi connectivity index (χ0n) is 5.53. The molecular weight excluding hydrogens is 122 g/mol. The van der Waals surface area contributed by atoms with Crippen LogP contribution in [-0.4, -0.2) is 0 Å². The number of halogens is 2. The number of hydrogen-bond acceptors (Lipinski definition) is 0. The molecule has 0 aliphatic rings. The van der Waals surface area contributed by atoms with Crippen molar-refractivity contribution in [3.63, 3.8) is 0 Å². The van der Waals surface area contributed by atoms with Gasteiger partial charge < -0.3 is 0 Å². The number of hydrogen-bond donors (Lipinski definition) is 0. The van der Waals surface area contributed by atoms with Gasteiger partial charge in [-0.15, -0.1) is 6.58 Å². The molecule has 0 aliphatic heterocycles. The second-order valence-electron chi connectivity index (χ2n) is 1.92. The average molecular weight is 133 g/mol. The summed E-state index contributed by atoms with van der Waals surface area (Å²) in [6.07, 6.45) is 1.05. The maximum absolute atomic E-state index is 11.7. The Kier molecular flexibility index (Phi) is 4.28. The van der Waals surface area contributed by atoms with Gasteiger partial charge in [-0.25, -0.2) is 0 Å². The van der Waals surface area contributed by atoms with Crippen molar-refractivity contribution in [3.8, 4) is 0 Å². The molecule has 0 bridgehead atoms. The first kappa shape index (κ1) is 8.60. The van der Waals surface area contributed by atoms with E-state index in [1.807, 2.05) is 6.92 Å². The molecule has 1 atom stereocenters. The molecule has 53 valence electrons. The van der Waals surface area contributed by atoms with Gasteiger partial charge in [-0.1, -0.05) is 19.4 Å². The SMILES string of the molecule is C=CC(CCC)[C](F)F. The molecule has 0 spiro atoms. The van der Waals surface area contributed by atoms with Gasteiger partial charge in [0.15, 0.2) is 0 Å². The Hall–Kier alpha value is -0.400. The Labute approximate surface area is 54.6 Å². The van der Waals surface area contributed by atoms with E-state index in [1.54, 1.807) is 0 Å². The molecule has 0 saturated carbocycles. The molecule has 0 aliphatic carbocycles. The average Bonchev–Trinajstić information content (AvgIpc) is 1.82. The summed E-state index contributed by atoms with van der Waals surface area (Å²) in [5.74, 6) is -0.685. The summed E-state index contributed by atoms with van der Waals surface area (Å²) in [7, 11) is 0. The maximum atomic E-state index is 11.7. The standard InChI is InChI=1S/C7H11F2/c1-3-5-6(4-2)7(8)9/h4,6H,2-3,5H2,1H3. The molecule has 1 radical (unpaired) electrons. The lowest BCUT2D eigenvalue weighted by Crippen LogP contribution is -1.99. The molecular formula is C7H11F2. The van der Waals surface area contributed by atoms with Gasteiger partial charge >= 0.3 is 6.43 Å². The number of rotatable bonds is 4. The molecule has 1 unspecified atom stereocenters. The maximum Gasteiger partial charge on any atom is 0.316 e. The smallest absolute Gasteiger partial charge is 0.199 e. The van der Waals surface area contributed by atoms with Crippen LogP contribution in [0.3, 0.4) is 0 Å². The largest absolute Gasteiger partial charge is 0.316 e. The Morgan fingerprint density at radius 2 is 2.22 bits per heavy atom. The summed E-state index contributed by atoms with van der Waals surface area (Å²) in [5.41, 5.74) is 0. The summed E-state index contributed by atoms with van der Waals surface area (Å²) < 4.78 is 23.5. The quantitative estimate of drug-likeness (QED) is 0.517.